The second-order valence-corrected chi connectivity index (χ2v) is 3.10. The summed E-state index contributed by atoms with van der Waals surface area (Å²) in [6, 6.07) is 1.17. The number of pyridine rings is 1. The molecule has 0 aliphatic carbocycles. The number of carbonyl (C=O) groups excluding carboxylic acids is 1. The number of methoxy groups -OCH3 is 1. The molecule has 94 valence electrons. The molecule has 0 amide bonds. The van der Waals surface area contributed by atoms with Gasteiger partial charge in [-0.1, -0.05) is 0 Å². The molecule has 0 bridgehead atoms. The Morgan fingerprint density at radius 3 is 2.59 bits per heavy atom. The highest BCUT2D eigenvalue weighted by Crippen LogP contribution is 2.32. The van der Waals surface area contributed by atoms with Gasteiger partial charge in [-0.2, -0.15) is 0 Å². The van der Waals surface area contributed by atoms with Gasteiger partial charge in [0, 0.05) is 6.07 Å². The largest absolute Gasteiger partial charge is 0.574 e. The Kier molecular flexibility index (Phi) is 4.17. The number of alkyl halides is 4. The fourth-order valence-corrected chi connectivity index (χ4v) is 1.35. The van der Waals surface area contributed by atoms with Crippen LogP contribution >= 0.6 is 11.6 Å². The van der Waals surface area contributed by atoms with Gasteiger partial charge in [0.1, 0.15) is 11.4 Å². The van der Waals surface area contributed by atoms with Gasteiger partial charge in [0.2, 0.25) is 5.88 Å². The third-order valence-electron chi connectivity index (χ3n) is 1.75. The van der Waals surface area contributed by atoms with E-state index in [1.54, 1.807) is 0 Å². The van der Waals surface area contributed by atoms with E-state index in [2.05, 4.69) is 9.72 Å². The molecule has 0 N–H and O–H groups in total. The van der Waals surface area contributed by atoms with Gasteiger partial charge in [0.15, 0.2) is 6.29 Å². The molecule has 0 atom stereocenters. The summed E-state index contributed by atoms with van der Waals surface area (Å²) < 4.78 is 44.8. The molecule has 0 saturated carbocycles. The lowest BCUT2D eigenvalue weighted by Gasteiger charge is -2.14. The Hall–Kier alpha value is -1.50. The lowest BCUT2D eigenvalue weighted by molar-refractivity contribution is -0.276. The summed E-state index contributed by atoms with van der Waals surface area (Å²) in [6.45, 7) is 0. The smallest absolute Gasteiger partial charge is 0.496 e. The summed E-state index contributed by atoms with van der Waals surface area (Å²) in [5.41, 5.74) is -0.313. The first-order valence-corrected chi connectivity index (χ1v) is 4.79. The molecular formula is C9H7ClF3NO3. The van der Waals surface area contributed by atoms with E-state index in [1.807, 2.05) is 0 Å². The van der Waals surface area contributed by atoms with E-state index < -0.39 is 12.2 Å². The van der Waals surface area contributed by atoms with Crippen molar-refractivity contribution in [3.8, 4) is 11.6 Å². The maximum Gasteiger partial charge on any atom is 0.574 e. The van der Waals surface area contributed by atoms with Crippen LogP contribution in [0, 0.1) is 0 Å². The quantitative estimate of drug-likeness (QED) is 0.622. The van der Waals surface area contributed by atoms with Crippen molar-refractivity contribution in [3.63, 3.8) is 0 Å². The monoisotopic (exact) mass is 269 g/mol. The van der Waals surface area contributed by atoms with E-state index in [9.17, 15) is 18.0 Å². The van der Waals surface area contributed by atoms with Crippen molar-refractivity contribution in [3.05, 3.63) is 17.3 Å². The van der Waals surface area contributed by atoms with Crippen molar-refractivity contribution >= 4 is 17.9 Å². The highest BCUT2D eigenvalue weighted by molar-refractivity contribution is 6.17. The average molecular weight is 270 g/mol. The molecule has 0 aromatic carbocycles. The molecule has 0 radical (unpaired) electrons. The van der Waals surface area contributed by atoms with Crippen molar-refractivity contribution in [2.75, 3.05) is 7.11 Å². The van der Waals surface area contributed by atoms with Gasteiger partial charge >= 0.3 is 6.36 Å². The Morgan fingerprint density at radius 1 is 1.53 bits per heavy atom. The van der Waals surface area contributed by atoms with Crippen LogP contribution in [0.25, 0.3) is 0 Å². The molecule has 0 fully saturated rings. The average Bonchev–Trinajstić information content (AvgIpc) is 2.25. The predicted molar refractivity (Wildman–Crippen MR) is 52.4 cm³/mol. The van der Waals surface area contributed by atoms with Crippen LogP contribution in [0.2, 0.25) is 0 Å². The SMILES string of the molecule is COc1cc(C=O)nc(OC(F)(F)F)c1CCl. The van der Waals surface area contributed by atoms with Crippen LogP contribution in [-0.2, 0) is 5.88 Å². The molecule has 4 nitrogen and oxygen atoms in total. The van der Waals surface area contributed by atoms with Crippen LogP contribution in [0.3, 0.4) is 0 Å². The number of aldehydes is 1. The van der Waals surface area contributed by atoms with Gasteiger partial charge in [-0.3, -0.25) is 4.79 Å². The zero-order chi connectivity index (χ0) is 13.1. The number of rotatable bonds is 4. The standard InChI is InChI=1S/C9H7ClF3NO3/c1-16-7-2-5(4-15)14-8(6(7)3-10)17-9(11,12)13/h2,4H,3H2,1H3. The van der Waals surface area contributed by atoms with Crippen molar-refractivity contribution in [2.24, 2.45) is 0 Å². The van der Waals surface area contributed by atoms with Crippen molar-refractivity contribution < 1.29 is 27.4 Å². The minimum Gasteiger partial charge on any atom is -0.496 e. The molecule has 0 saturated heterocycles. The second kappa shape index (κ2) is 5.22. The third kappa shape index (κ3) is 3.48. The van der Waals surface area contributed by atoms with E-state index in [0.29, 0.717) is 0 Å². The number of ether oxygens (including phenoxy) is 2. The van der Waals surface area contributed by atoms with E-state index in [1.165, 1.54) is 13.2 Å². The lowest BCUT2D eigenvalue weighted by Crippen LogP contribution is -2.19. The Bertz CT molecular complexity index is 423. The van der Waals surface area contributed by atoms with E-state index in [0.717, 1.165) is 0 Å². The molecule has 1 aromatic rings. The van der Waals surface area contributed by atoms with Crippen LogP contribution in [0.5, 0.6) is 11.6 Å². The minimum atomic E-state index is -4.92. The summed E-state index contributed by atoms with van der Waals surface area (Å²) in [7, 11) is 1.23. The molecule has 0 aliphatic rings. The zero-order valence-corrected chi connectivity index (χ0v) is 9.30. The highest BCUT2D eigenvalue weighted by atomic mass is 35.5. The summed E-state index contributed by atoms with van der Waals surface area (Å²) in [4.78, 5) is 13.9. The Morgan fingerprint density at radius 2 is 2.18 bits per heavy atom. The summed E-state index contributed by atoms with van der Waals surface area (Å²) in [5, 5.41) is 0. The normalized spacial score (nSPS) is 11.1. The maximum absolute atomic E-state index is 12.1. The molecular weight excluding hydrogens is 263 g/mol. The highest BCUT2D eigenvalue weighted by Gasteiger charge is 2.33. The fourth-order valence-electron chi connectivity index (χ4n) is 1.10. The van der Waals surface area contributed by atoms with Crippen molar-refractivity contribution in [2.45, 2.75) is 12.2 Å². The molecule has 1 heterocycles. The zero-order valence-electron chi connectivity index (χ0n) is 8.55. The summed E-state index contributed by atoms with van der Waals surface area (Å²) in [5.74, 6) is -1.06. The first-order valence-electron chi connectivity index (χ1n) is 4.26. The molecule has 8 heteroatoms. The number of nitrogens with zero attached hydrogens (tertiary/aromatic N) is 1. The number of aromatic nitrogens is 1. The van der Waals surface area contributed by atoms with Gasteiger partial charge in [-0.05, 0) is 0 Å². The summed E-state index contributed by atoms with van der Waals surface area (Å²) >= 11 is 5.48. The van der Waals surface area contributed by atoms with Crippen LogP contribution in [0.4, 0.5) is 13.2 Å². The van der Waals surface area contributed by atoms with Gasteiger partial charge in [-0.25, -0.2) is 4.98 Å². The predicted octanol–water partition coefficient (Wildman–Crippen LogP) is 2.54. The van der Waals surface area contributed by atoms with Crippen LogP contribution in [-0.4, -0.2) is 24.7 Å². The number of carbonyl (C=O) groups is 1. The fraction of sp³-hybridized carbons (Fsp3) is 0.333. The molecule has 0 aliphatic heterocycles. The first-order chi connectivity index (χ1) is 7.91. The van der Waals surface area contributed by atoms with E-state index in [-0.39, 0.29) is 29.2 Å². The van der Waals surface area contributed by atoms with Crippen molar-refractivity contribution in [1.29, 1.82) is 0 Å². The van der Waals surface area contributed by atoms with Gasteiger partial charge in [0.05, 0.1) is 18.6 Å². The van der Waals surface area contributed by atoms with Crippen LogP contribution in [0.1, 0.15) is 16.1 Å². The van der Waals surface area contributed by atoms with E-state index in [4.69, 9.17) is 16.3 Å². The number of hydrogen-bond acceptors (Lipinski definition) is 4. The Balaban J connectivity index is 3.29. The first kappa shape index (κ1) is 13.6. The van der Waals surface area contributed by atoms with Gasteiger partial charge in [-0.15, -0.1) is 24.8 Å². The molecule has 1 aromatic heterocycles. The van der Waals surface area contributed by atoms with Gasteiger partial charge < -0.3 is 9.47 Å². The lowest BCUT2D eigenvalue weighted by atomic mass is 10.2. The van der Waals surface area contributed by atoms with E-state index >= 15 is 0 Å². The number of hydrogen-bond donors (Lipinski definition) is 0. The van der Waals surface area contributed by atoms with Gasteiger partial charge in [0.25, 0.3) is 0 Å². The molecule has 0 unspecified atom stereocenters. The minimum absolute atomic E-state index is 0.0105. The maximum atomic E-state index is 12.1. The summed E-state index contributed by atoms with van der Waals surface area (Å²) in [6.07, 6.45) is -4.63. The molecule has 1 rings (SSSR count). The molecule has 0 spiro atoms. The molecule has 17 heavy (non-hydrogen) atoms. The van der Waals surface area contributed by atoms with Crippen LogP contribution < -0.4 is 9.47 Å². The topological polar surface area (TPSA) is 48.4 Å². The van der Waals surface area contributed by atoms with Crippen LogP contribution in [0.15, 0.2) is 6.07 Å². The number of halogens is 4. The third-order valence-corrected chi connectivity index (χ3v) is 2.02. The van der Waals surface area contributed by atoms with Crippen molar-refractivity contribution in [1.82, 2.24) is 4.98 Å². The second-order valence-electron chi connectivity index (χ2n) is 2.83. The Labute approximate surface area is 99.3 Å².